The summed E-state index contributed by atoms with van der Waals surface area (Å²) < 4.78 is 0. The molecule has 1 aliphatic carbocycles. The molecule has 1 saturated carbocycles. The summed E-state index contributed by atoms with van der Waals surface area (Å²) in [5.41, 5.74) is 4.14. The number of hydrogen-bond acceptors (Lipinski definition) is 5. The first kappa shape index (κ1) is 14.1. The Hall–Kier alpha value is -1.36. The first-order valence-corrected chi connectivity index (χ1v) is 7.10. The molecule has 0 atom stereocenters. The lowest BCUT2D eigenvalue weighted by Crippen LogP contribution is -2.19. The average molecular weight is 263 g/mol. The van der Waals surface area contributed by atoms with Crippen LogP contribution in [0, 0.1) is 12.3 Å². The van der Waals surface area contributed by atoms with E-state index < -0.39 is 0 Å². The Morgan fingerprint density at radius 1 is 1.26 bits per heavy atom. The summed E-state index contributed by atoms with van der Waals surface area (Å²) in [6.07, 6.45) is 3.86. The summed E-state index contributed by atoms with van der Waals surface area (Å²) in [6.45, 7) is 9.41. The molecular formula is C14H25N5. The van der Waals surface area contributed by atoms with Crippen LogP contribution >= 0.6 is 0 Å². The van der Waals surface area contributed by atoms with Crippen LogP contribution in [0.25, 0.3) is 0 Å². The van der Waals surface area contributed by atoms with Crippen molar-refractivity contribution in [1.29, 1.82) is 0 Å². The lowest BCUT2D eigenvalue weighted by Gasteiger charge is -2.18. The molecule has 1 fully saturated rings. The van der Waals surface area contributed by atoms with Crippen LogP contribution in [0.2, 0.25) is 0 Å². The predicted octanol–water partition coefficient (Wildman–Crippen LogP) is 2.80. The highest BCUT2D eigenvalue weighted by molar-refractivity contribution is 5.57. The van der Waals surface area contributed by atoms with Gasteiger partial charge in [-0.05, 0) is 31.6 Å². The van der Waals surface area contributed by atoms with Gasteiger partial charge in [-0.3, -0.25) is 0 Å². The topological polar surface area (TPSA) is 75.9 Å². The Labute approximate surface area is 115 Å². The molecule has 5 heteroatoms. The Balaban J connectivity index is 2.20. The molecule has 106 valence electrons. The van der Waals surface area contributed by atoms with Gasteiger partial charge >= 0.3 is 0 Å². The summed E-state index contributed by atoms with van der Waals surface area (Å²) in [5.74, 6) is 8.27. The molecule has 1 aromatic rings. The van der Waals surface area contributed by atoms with Crippen LogP contribution in [0.1, 0.15) is 57.3 Å². The normalized spacial score (nSPS) is 16.5. The summed E-state index contributed by atoms with van der Waals surface area (Å²) in [5, 5.41) is 3.49. The van der Waals surface area contributed by atoms with Crippen molar-refractivity contribution in [2.75, 3.05) is 17.3 Å². The van der Waals surface area contributed by atoms with Gasteiger partial charge in [-0.15, -0.1) is 0 Å². The van der Waals surface area contributed by atoms with E-state index >= 15 is 0 Å². The molecule has 4 N–H and O–H groups in total. The van der Waals surface area contributed by atoms with Gasteiger partial charge in [0, 0.05) is 18.0 Å². The maximum atomic E-state index is 5.54. The molecule has 0 unspecified atom stereocenters. The molecule has 0 aliphatic heterocycles. The molecule has 0 spiro atoms. The highest BCUT2D eigenvalue weighted by Gasteiger charge is 2.40. The second-order valence-electron chi connectivity index (χ2n) is 5.91. The molecule has 0 aromatic carbocycles. The number of hydrazine groups is 1. The summed E-state index contributed by atoms with van der Waals surface area (Å²) in [7, 11) is 0. The van der Waals surface area contributed by atoms with E-state index in [-0.39, 0.29) is 5.92 Å². The monoisotopic (exact) mass is 263 g/mol. The highest BCUT2D eigenvalue weighted by Crippen LogP contribution is 2.48. The zero-order chi connectivity index (χ0) is 14.0. The van der Waals surface area contributed by atoms with Crippen molar-refractivity contribution >= 4 is 11.6 Å². The standard InChI is InChI=1S/C14H25N5/c1-5-14(6-7-14)8-16-12-10(4)13(19-15)18-11(17-12)9(2)3/h9H,5-8,15H2,1-4H3,(H2,16,17,18,19). The van der Waals surface area contributed by atoms with Gasteiger partial charge in [0.1, 0.15) is 17.5 Å². The first-order valence-electron chi connectivity index (χ1n) is 7.10. The van der Waals surface area contributed by atoms with Crippen LogP contribution in [0.3, 0.4) is 0 Å². The van der Waals surface area contributed by atoms with Crippen LogP contribution < -0.4 is 16.6 Å². The molecular weight excluding hydrogens is 238 g/mol. The van der Waals surface area contributed by atoms with E-state index in [1.54, 1.807) is 0 Å². The van der Waals surface area contributed by atoms with Crippen molar-refractivity contribution in [3.8, 4) is 0 Å². The zero-order valence-electron chi connectivity index (χ0n) is 12.4. The van der Waals surface area contributed by atoms with Crippen molar-refractivity contribution < 1.29 is 0 Å². The van der Waals surface area contributed by atoms with E-state index in [4.69, 9.17) is 5.84 Å². The second kappa shape index (κ2) is 5.33. The molecule has 1 aromatic heterocycles. The summed E-state index contributed by atoms with van der Waals surface area (Å²) in [6, 6.07) is 0. The average Bonchev–Trinajstić information content (AvgIpc) is 3.18. The minimum absolute atomic E-state index is 0.286. The van der Waals surface area contributed by atoms with Crippen LogP contribution in [0.5, 0.6) is 0 Å². The molecule has 0 amide bonds. The quantitative estimate of drug-likeness (QED) is 0.543. The lowest BCUT2D eigenvalue weighted by atomic mass is 10.0. The third-order valence-corrected chi connectivity index (χ3v) is 4.15. The van der Waals surface area contributed by atoms with E-state index in [0.29, 0.717) is 11.2 Å². The number of nitrogens with zero attached hydrogens (tertiary/aromatic N) is 2. The Morgan fingerprint density at radius 3 is 2.37 bits per heavy atom. The number of aromatic nitrogens is 2. The van der Waals surface area contributed by atoms with Crippen molar-refractivity contribution in [2.45, 2.75) is 52.9 Å². The van der Waals surface area contributed by atoms with Gasteiger partial charge in [-0.1, -0.05) is 20.8 Å². The molecule has 5 nitrogen and oxygen atoms in total. The van der Waals surface area contributed by atoms with E-state index in [1.165, 1.54) is 19.3 Å². The van der Waals surface area contributed by atoms with Gasteiger partial charge in [0.05, 0.1) is 0 Å². The van der Waals surface area contributed by atoms with Crippen molar-refractivity contribution in [2.24, 2.45) is 11.3 Å². The molecule has 0 bridgehead atoms. The summed E-state index contributed by atoms with van der Waals surface area (Å²) in [4.78, 5) is 9.07. The van der Waals surface area contributed by atoms with Crippen LogP contribution in [0.15, 0.2) is 0 Å². The smallest absolute Gasteiger partial charge is 0.148 e. The molecule has 1 aliphatic rings. The minimum Gasteiger partial charge on any atom is -0.369 e. The van der Waals surface area contributed by atoms with Crippen LogP contribution in [-0.4, -0.2) is 16.5 Å². The molecule has 19 heavy (non-hydrogen) atoms. The van der Waals surface area contributed by atoms with Gasteiger partial charge in [0.25, 0.3) is 0 Å². The predicted molar refractivity (Wildman–Crippen MR) is 79.1 cm³/mol. The van der Waals surface area contributed by atoms with Gasteiger partial charge in [0.15, 0.2) is 0 Å². The number of anilines is 2. The number of nitrogens with two attached hydrogens (primary N) is 1. The second-order valence-corrected chi connectivity index (χ2v) is 5.91. The Bertz CT molecular complexity index is 451. The van der Waals surface area contributed by atoms with Crippen molar-refractivity contribution in [3.05, 3.63) is 11.4 Å². The minimum atomic E-state index is 0.286. The largest absolute Gasteiger partial charge is 0.369 e. The van der Waals surface area contributed by atoms with E-state index in [2.05, 4.69) is 41.5 Å². The molecule has 1 heterocycles. The number of rotatable bonds is 6. The fourth-order valence-electron chi connectivity index (χ4n) is 2.21. The van der Waals surface area contributed by atoms with Crippen molar-refractivity contribution in [3.63, 3.8) is 0 Å². The van der Waals surface area contributed by atoms with Gasteiger partial charge in [0.2, 0.25) is 0 Å². The third-order valence-electron chi connectivity index (χ3n) is 4.15. The fourth-order valence-corrected chi connectivity index (χ4v) is 2.21. The summed E-state index contributed by atoms with van der Waals surface area (Å²) >= 11 is 0. The van der Waals surface area contributed by atoms with Gasteiger partial charge < -0.3 is 10.7 Å². The Kier molecular flexibility index (Phi) is 3.94. The fraction of sp³-hybridized carbons (Fsp3) is 0.714. The van der Waals surface area contributed by atoms with Crippen LogP contribution in [0.4, 0.5) is 11.6 Å². The van der Waals surface area contributed by atoms with E-state index in [0.717, 1.165) is 23.8 Å². The van der Waals surface area contributed by atoms with E-state index in [9.17, 15) is 0 Å². The number of nitrogens with one attached hydrogen (secondary N) is 2. The van der Waals surface area contributed by atoms with E-state index in [1.807, 2.05) is 6.92 Å². The third kappa shape index (κ3) is 2.97. The SMILES string of the molecule is CCC1(CNc2nc(C(C)C)nc(NN)c2C)CC1. The maximum Gasteiger partial charge on any atom is 0.148 e. The van der Waals surface area contributed by atoms with Gasteiger partial charge in [-0.2, -0.15) is 0 Å². The number of nitrogen functional groups attached to an aromatic ring is 1. The molecule has 0 saturated heterocycles. The zero-order valence-corrected chi connectivity index (χ0v) is 12.4. The van der Waals surface area contributed by atoms with Gasteiger partial charge in [-0.25, -0.2) is 15.8 Å². The first-order chi connectivity index (χ1) is 9.01. The lowest BCUT2D eigenvalue weighted by molar-refractivity contribution is 0.520. The van der Waals surface area contributed by atoms with Crippen LogP contribution in [-0.2, 0) is 0 Å². The Morgan fingerprint density at radius 2 is 1.89 bits per heavy atom. The maximum absolute atomic E-state index is 5.54. The highest BCUT2D eigenvalue weighted by atomic mass is 15.3. The molecule has 2 rings (SSSR count). The van der Waals surface area contributed by atoms with Crippen molar-refractivity contribution in [1.82, 2.24) is 9.97 Å². The molecule has 0 radical (unpaired) electrons. The number of hydrogen-bond donors (Lipinski definition) is 3.